The Morgan fingerprint density at radius 1 is 1.15 bits per heavy atom. The summed E-state index contributed by atoms with van der Waals surface area (Å²) in [4.78, 5) is 4.74. The van der Waals surface area contributed by atoms with E-state index < -0.39 is 0 Å². The van der Waals surface area contributed by atoms with Gasteiger partial charge < -0.3 is 0 Å². The van der Waals surface area contributed by atoms with Crippen LogP contribution in [0.5, 0.6) is 0 Å². The summed E-state index contributed by atoms with van der Waals surface area (Å²) in [6, 6.07) is 6.92. The van der Waals surface area contributed by atoms with E-state index in [9.17, 15) is 4.39 Å². The van der Waals surface area contributed by atoms with E-state index in [1.165, 1.54) is 44.2 Å². The van der Waals surface area contributed by atoms with Gasteiger partial charge in [-0.05, 0) is 30.5 Å². The molecule has 20 heavy (non-hydrogen) atoms. The normalized spacial score (nSPS) is 22.4. The summed E-state index contributed by atoms with van der Waals surface area (Å²) in [5.74, 6) is 0.565. The molecular formula is C15H18FN3S. The Morgan fingerprint density at radius 3 is 2.55 bits per heavy atom. The van der Waals surface area contributed by atoms with Crippen molar-refractivity contribution in [1.82, 2.24) is 5.43 Å². The molecule has 1 aliphatic heterocycles. The molecule has 3 nitrogen and oxygen atoms in total. The van der Waals surface area contributed by atoms with Crippen LogP contribution in [0.2, 0.25) is 0 Å². The number of halogens is 1. The molecule has 0 radical (unpaired) electrons. The number of amidine groups is 1. The molecule has 1 aromatic rings. The van der Waals surface area contributed by atoms with Crippen molar-refractivity contribution in [2.24, 2.45) is 10.1 Å². The molecule has 1 N–H and O–H groups in total. The molecule has 0 amide bonds. The van der Waals surface area contributed by atoms with Gasteiger partial charge in [0.2, 0.25) is 0 Å². The minimum atomic E-state index is -0.217. The maximum Gasteiger partial charge on any atom is 0.177 e. The fourth-order valence-corrected chi connectivity index (χ4v) is 3.39. The molecule has 0 bridgehead atoms. The first-order valence-electron chi connectivity index (χ1n) is 7.10. The second-order valence-electron chi connectivity index (χ2n) is 5.19. The van der Waals surface area contributed by atoms with E-state index in [2.05, 4.69) is 10.5 Å². The third-order valence-corrected chi connectivity index (χ3v) is 4.57. The minimum Gasteiger partial charge on any atom is -0.258 e. The smallest absolute Gasteiger partial charge is 0.177 e. The van der Waals surface area contributed by atoms with Crippen LogP contribution in [0.4, 0.5) is 4.39 Å². The molecule has 106 valence electrons. The maximum atomic E-state index is 12.9. The Labute approximate surface area is 122 Å². The minimum absolute atomic E-state index is 0.217. The summed E-state index contributed by atoms with van der Waals surface area (Å²) in [5.41, 5.74) is 4.94. The molecule has 1 aromatic carbocycles. The molecule has 0 unspecified atom stereocenters. The third kappa shape index (κ3) is 3.39. The average molecular weight is 291 g/mol. The SMILES string of the molecule is Fc1ccc(C2=NNC(=NC3CCCCC3)SC2)cc1. The fraction of sp³-hybridized carbons (Fsp3) is 0.467. The number of hydrogen-bond donors (Lipinski definition) is 1. The highest BCUT2D eigenvalue weighted by Gasteiger charge is 2.17. The Balaban J connectivity index is 1.65. The van der Waals surface area contributed by atoms with Crippen LogP contribution >= 0.6 is 11.8 Å². The lowest BCUT2D eigenvalue weighted by Crippen LogP contribution is -2.27. The molecule has 2 aliphatic rings. The number of aliphatic imine (C=N–C) groups is 1. The summed E-state index contributed by atoms with van der Waals surface area (Å²) in [5, 5.41) is 5.29. The standard InChI is InChI=1S/C15H18FN3S/c16-12-8-6-11(7-9-12)14-10-20-15(19-18-14)17-13-4-2-1-3-5-13/h6-9,13H,1-5,10H2,(H,17,19). The highest BCUT2D eigenvalue weighted by Crippen LogP contribution is 2.22. The van der Waals surface area contributed by atoms with Crippen molar-refractivity contribution in [2.45, 2.75) is 38.1 Å². The van der Waals surface area contributed by atoms with Crippen molar-refractivity contribution < 1.29 is 4.39 Å². The van der Waals surface area contributed by atoms with Crippen molar-refractivity contribution in [1.29, 1.82) is 0 Å². The Hall–Kier alpha value is -1.36. The lowest BCUT2D eigenvalue weighted by atomic mass is 9.96. The van der Waals surface area contributed by atoms with E-state index in [0.29, 0.717) is 6.04 Å². The predicted molar refractivity (Wildman–Crippen MR) is 82.8 cm³/mol. The maximum absolute atomic E-state index is 12.9. The summed E-state index contributed by atoms with van der Waals surface area (Å²) in [7, 11) is 0. The van der Waals surface area contributed by atoms with E-state index in [1.54, 1.807) is 23.9 Å². The van der Waals surface area contributed by atoms with Gasteiger partial charge in [-0.3, -0.25) is 10.4 Å². The molecule has 0 spiro atoms. The van der Waals surface area contributed by atoms with Crippen molar-refractivity contribution >= 4 is 22.6 Å². The first-order valence-corrected chi connectivity index (χ1v) is 8.09. The zero-order valence-corrected chi connectivity index (χ0v) is 12.1. The molecular weight excluding hydrogens is 273 g/mol. The van der Waals surface area contributed by atoms with Crippen LogP contribution in [0.15, 0.2) is 34.4 Å². The van der Waals surface area contributed by atoms with Crippen molar-refractivity contribution in [3.63, 3.8) is 0 Å². The molecule has 1 saturated carbocycles. The second kappa shape index (κ2) is 6.39. The molecule has 3 rings (SSSR count). The van der Waals surface area contributed by atoms with Crippen LogP contribution in [0.1, 0.15) is 37.7 Å². The van der Waals surface area contributed by atoms with Gasteiger partial charge in [-0.1, -0.05) is 43.2 Å². The van der Waals surface area contributed by atoms with Gasteiger partial charge in [0.15, 0.2) is 5.17 Å². The Kier molecular flexibility index (Phi) is 4.35. The first kappa shape index (κ1) is 13.6. The van der Waals surface area contributed by atoms with E-state index in [0.717, 1.165) is 22.2 Å². The van der Waals surface area contributed by atoms with Gasteiger partial charge >= 0.3 is 0 Å². The van der Waals surface area contributed by atoms with E-state index in [1.807, 2.05) is 0 Å². The van der Waals surface area contributed by atoms with E-state index in [4.69, 9.17) is 4.99 Å². The van der Waals surface area contributed by atoms with Crippen molar-refractivity contribution in [2.75, 3.05) is 5.75 Å². The quantitative estimate of drug-likeness (QED) is 0.904. The first-order chi connectivity index (χ1) is 9.81. The summed E-state index contributed by atoms with van der Waals surface area (Å²) in [6.07, 6.45) is 6.31. The highest BCUT2D eigenvalue weighted by atomic mass is 32.2. The van der Waals surface area contributed by atoms with Gasteiger partial charge in [-0.25, -0.2) is 4.39 Å². The summed E-state index contributed by atoms with van der Waals surface area (Å²) >= 11 is 1.68. The van der Waals surface area contributed by atoms with Crippen LogP contribution in [-0.2, 0) is 0 Å². The number of nitrogens with zero attached hydrogens (tertiary/aromatic N) is 2. The van der Waals surface area contributed by atoms with Crippen LogP contribution in [0.3, 0.4) is 0 Å². The Morgan fingerprint density at radius 2 is 1.90 bits per heavy atom. The van der Waals surface area contributed by atoms with Crippen LogP contribution < -0.4 is 5.43 Å². The highest BCUT2D eigenvalue weighted by molar-refractivity contribution is 8.14. The second-order valence-corrected chi connectivity index (χ2v) is 6.16. The predicted octanol–water partition coefficient (Wildman–Crippen LogP) is 3.55. The van der Waals surface area contributed by atoms with Gasteiger partial charge in [0.05, 0.1) is 11.8 Å². The monoisotopic (exact) mass is 291 g/mol. The fourth-order valence-electron chi connectivity index (χ4n) is 2.55. The molecule has 0 saturated heterocycles. The lowest BCUT2D eigenvalue weighted by Gasteiger charge is -2.20. The largest absolute Gasteiger partial charge is 0.258 e. The number of hydrazone groups is 1. The van der Waals surface area contributed by atoms with Gasteiger partial charge in [0.1, 0.15) is 5.82 Å². The van der Waals surface area contributed by atoms with Crippen LogP contribution in [0.25, 0.3) is 0 Å². The molecule has 0 aromatic heterocycles. The topological polar surface area (TPSA) is 36.8 Å². The Bertz CT molecular complexity index is 518. The number of nitrogens with one attached hydrogen (secondary N) is 1. The third-order valence-electron chi connectivity index (χ3n) is 3.68. The van der Waals surface area contributed by atoms with Gasteiger partial charge in [0.25, 0.3) is 0 Å². The van der Waals surface area contributed by atoms with E-state index in [-0.39, 0.29) is 5.82 Å². The molecule has 1 fully saturated rings. The van der Waals surface area contributed by atoms with Gasteiger partial charge in [-0.2, -0.15) is 5.10 Å². The molecule has 1 aliphatic carbocycles. The summed E-state index contributed by atoms with van der Waals surface area (Å²) in [6.45, 7) is 0. The van der Waals surface area contributed by atoms with Crippen molar-refractivity contribution in [3.05, 3.63) is 35.6 Å². The molecule has 5 heteroatoms. The van der Waals surface area contributed by atoms with Crippen LogP contribution in [-0.4, -0.2) is 22.7 Å². The number of thioether (sulfide) groups is 1. The van der Waals surface area contributed by atoms with Crippen molar-refractivity contribution in [3.8, 4) is 0 Å². The van der Waals surface area contributed by atoms with E-state index >= 15 is 0 Å². The van der Waals surface area contributed by atoms with Gasteiger partial charge in [0, 0.05) is 5.75 Å². The number of rotatable bonds is 2. The number of hydrogen-bond acceptors (Lipinski definition) is 3. The number of benzene rings is 1. The average Bonchev–Trinajstić information content (AvgIpc) is 2.50. The summed E-state index contributed by atoms with van der Waals surface area (Å²) < 4.78 is 12.9. The van der Waals surface area contributed by atoms with Crippen LogP contribution in [0, 0.1) is 5.82 Å². The zero-order valence-electron chi connectivity index (χ0n) is 11.3. The lowest BCUT2D eigenvalue weighted by molar-refractivity contribution is 0.443. The van der Waals surface area contributed by atoms with Gasteiger partial charge in [-0.15, -0.1) is 0 Å². The zero-order chi connectivity index (χ0) is 13.8. The molecule has 1 heterocycles. The molecule has 0 atom stereocenters.